The van der Waals surface area contributed by atoms with Gasteiger partial charge in [-0.15, -0.1) is 0 Å². The molecule has 20 nitrogen and oxygen atoms in total. The minimum absolute atomic E-state index is 0.0169. The van der Waals surface area contributed by atoms with Crippen LogP contribution >= 0.6 is 0 Å². The van der Waals surface area contributed by atoms with Crippen molar-refractivity contribution in [3.8, 4) is 0 Å². The van der Waals surface area contributed by atoms with Gasteiger partial charge in [-0.3, -0.25) is 4.79 Å². The summed E-state index contributed by atoms with van der Waals surface area (Å²) >= 11 is 0. The number of aliphatic carboxylic acids is 1. The van der Waals surface area contributed by atoms with E-state index < -0.39 is 135 Å². The van der Waals surface area contributed by atoms with Crippen LogP contribution in [-0.4, -0.2) is 199 Å². The van der Waals surface area contributed by atoms with Gasteiger partial charge in [-0.2, -0.15) is 0 Å². The third-order valence-electron chi connectivity index (χ3n) is 20.7. The zero-order valence-corrected chi connectivity index (χ0v) is 43.1. The van der Waals surface area contributed by atoms with Crippen molar-refractivity contribution in [2.24, 2.45) is 50.2 Å². The van der Waals surface area contributed by atoms with E-state index in [1.165, 1.54) is 12.5 Å². The molecule has 0 amide bonds. The predicted molar refractivity (Wildman–Crippen MR) is 250 cm³/mol. The highest BCUT2D eigenvalue weighted by Crippen LogP contribution is 2.76. The number of carboxylic acid groups (broad SMARTS) is 1. The summed E-state index contributed by atoms with van der Waals surface area (Å²) in [7, 11) is 0. The lowest BCUT2D eigenvalue weighted by Crippen LogP contribution is -2.66. The summed E-state index contributed by atoms with van der Waals surface area (Å²) in [4.78, 5) is 13.1. The highest BCUT2D eigenvalue weighted by Gasteiger charge is 2.70. The molecule has 20 heteroatoms. The molecule has 4 aliphatic heterocycles. The van der Waals surface area contributed by atoms with E-state index in [0.717, 1.165) is 51.4 Å². The summed E-state index contributed by atoms with van der Waals surface area (Å²) in [6.45, 7) is 16.5. The molecule has 72 heavy (non-hydrogen) atoms. The van der Waals surface area contributed by atoms with Crippen molar-refractivity contribution in [3.05, 3.63) is 11.6 Å². The zero-order valence-electron chi connectivity index (χ0n) is 43.1. The van der Waals surface area contributed by atoms with E-state index in [0.29, 0.717) is 18.8 Å². The van der Waals surface area contributed by atoms with Gasteiger partial charge in [0.2, 0.25) is 0 Å². The Morgan fingerprint density at radius 3 is 1.83 bits per heavy atom. The van der Waals surface area contributed by atoms with Crippen molar-refractivity contribution in [2.45, 2.75) is 236 Å². The van der Waals surface area contributed by atoms with Crippen LogP contribution in [0.2, 0.25) is 0 Å². The Kier molecular flexibility index (Phi) is 15.2. The van der Waals surface area contributed by atoms with Gasteiger partial charge in [0.1, 0.15) is 79.4 Å². The summed E-state index contributed by atoms with van der Waals surface area (Å²) in [6.07, 6.45) is -16.8. The van der Waals surface area contributed by atoms with Crippen molar-refractivity contribution in [3.63, 3.8) is 0 Å². The molecule has 4 heterocycles. The number of rotatable bonds is 10. The van der Waals surface area contributed by atoms with E-state index >= 15 is 0 Å². The first-order valence-electron chi connectivity index (χ1n) is 26.5. The van der Waals surface area contributed by atoms with Crippen molar-refractivity contribution in [1.29, 1.82) is 0 Å². The average Bonchev–Trinajstić information content (AvgIpc) is 3.32. The fraction of sp³-hybridized carbons (Fsp3) is 0.942. The molecule has 0 aromatic carbocycles. The van der Waals surface area contributed by atoms with Gasteiger partial charge in [-0.1, -0.05) is 60.1 Å². The summed E-state index contributed by atoms with van der Waals surface area (Å²) in [5.41, 5.74) is 0.286. The van der Waals surface area contributed by atoms with Crippen molar-refractivity contribution >= 4 is 5.97 Å². The van der Waals surface area contributed by atoms with Crippen LogP contribution in [0, 0.1) is 50.2 Å². The Hall–Kier alpha value is -1.51. The number of hydrogen-bond donors (Lipinski definition) is 11. The number of carbonyl (C=O) groups is 1. The molecule has 412 valence electrons. The standard InChI is InChI=1S/C52H84O20/c1-23-32(54)41(72-44-39(61)36(58)33(55)26(20-53)68-44)40(62)45(67-23)70-28-22-65-42(37(59)35(28)57)69-27-21-66-43(38(60)34(27)56)71-31-12-13-49(6)29(48(31,4)5)11-14-51(8)30(49)10-9-24-25-19-47(2,3)15-17-52(25,46(63)64)18-16-50(24,51)7/h9,23,25-45,53-62H,10-22H2,1-8H3,(H,63,64)/t23-,25-,26+,27+,28+,29-,30+,31-,32-,33+,34-,35-,36-,37+,38+,39+,40+,41+,42-,43-,44-,45-,49-,50+,51+,52-/m0/s1. The Bertz CT molecular complexity index is 1990. The van der Waals surface area contributed by atoms with Gasteiger partial charge in [-0.25, -0.2) is 0 Å². The SMILES string of the molecule is C[C@@H]1O[C@@H](O[C@@H]2CO[C@@H](O[C@@H]3CO[C@@H](O[C@H]4CC[C@]5(C)[C@H]6CC=C7[C@@H]8CC(C)(C)CC[C@]8(C(=O)O)CC[C@@]7(C)[C@]6(C)CC[C@H]5C4(C)C)[C@H](O)[C@H]3O)[C@H](O)[C@H]2O)[C@H](O)[C@H](O[C@@H]2O[C@H](CO)[C@@H](O)[C@H](O)[C@H]2O)[C@H]1O. The molecule has 9 rings (SSSR count). The van der Waals surface area contributed by atoms with E-state index in [1.807, 2.05) is 0 Å². The maximum Gasteiger partial charge on any atom is 0.310 e. The minimum Gasteiger partial charge on any atom is -0.481 e. The maximum atomic E-state index is 13.1. The van der Waals surface area contributed by atoms with Crippen LogP contribution in [0.1, 0.15) is 120 Å². The quantitative estimate of drug-likeness (QED) is 0.107. The third kappa shape index (κ3) is 8.87. The Morgan fingerprint density at radius 2 is 1.21 bits per heavy atom. The number of ether oxygens (including phenoxy) is 8. The van der Waals surface area contributed by atoms with Crippen LogP contribution in [0.15, 0.2) is 11.6 Å². The lowest BCUT2D eigenvalue weighted by molar-refractivity contribution is -0.375. The molecule has 0 radical (unpaired) electrons. The highest BCUT2D eigenvalue weighted by atomic mass is 16.8. The molecule has 0 bridgehead atoms. The summed E-state index contributed by atoms with van der Waals surface area (Å²) in [5, 5.41) is 119. The largest absolute Gasteiger partial charge is 0.481 e. The monoisotopic (exact) mass is 1030 g/mol. The summed E-state index contributed by atoms with van der Waals surface area (Å²) < 4.78 is 47.0. The number of fused-ring (bicyclic) bond motifs is 7. The number of aliphatic hydroxyl groups excluding tert-OH is 10. The van der Waals surface area contributed by atoms with Crippen LogP contribution in [0.3, 0.4) is 0 Å². The maximum absolute atomic E-state index is 13.1. The molecule has 5 aliphatic carbocycles. The Balaban J connectivity index is 0.799. The van der Waals surface area contributed by atoms with E-state index in [-0.39, 0.29) is 51.6 Å². The number of allylic oxidation sites excluding steroid dienone is 2. The van der Waals surface area contributed by atoms with Gasteiger partial charge < -0.3 is 94.1 Å². The number of hydrogen-bond acceptors (Lipinski definition) is 19. The van der Waals surface area contributed by atoms with Crippen molar-refractivity contribution in [2.75, 3.05) is 19.8 Å². The molecule has 0 aromatic heterocycles. The number of aliphatic hydroxyl groups is 10. The van der Waals surface area contributed by atoms with Gasteiger partial charge in [0.05, 0.1) is 37.4 Å². The molecule has 4 saturated heterocycles. The average molecular weight is 1030 g/mol. The molecular weight excluding hydrogens is 945 g/mol. The van der Waals surface area contributed by atoms with Gasteiger partial charge in [0.15, 0.2) is 25.2 Å². The zero-order chi connectivity index (χ0) is 52.4. The molecule has 8 fully saturated rings. The van der Waals surface area contributed by atoms with Crippen LogP contribution in [0.25, 0.3) is 0 Å². The fourth-order valence-corrected chi connectivity index (χ4v) is 16.0. The molecular formula is C52H84O20. The van der Waals surface area contributed by atoms with Gasteiger partial charge in [0.25, 0.3) is 0 Å². The van der Waals surface area contributed by atoms with Crippen LogP contribution in [0.5, 0.6) is 0 Å². The number of carboxylic acids is 1. The fourth-order valence-electron chi connectivity index (χ4n) is 16.0. The molecule has 26 atom stereocenters. The van der Waals surface area contributed by atoms with Crippen LogP contribution in [-0.2, 0) is 42.7 Å². The Morgan fingerprint density at radius 1 is 0.625 bits per heavy atom. The highest BCUT2D eigenvalue weighted by molar-refractivity contribution is 5.76. The second-order valence-electron chi connectivity index (χ2n) is 25.4. The molecule has 0 unspecified atom stereocenters. The molecule has 0 spiro atoms. The molecule has 0 aromatic rings. The first-order valence-corrected chi connectivity index (χ1v) is 26.5. The van der Waals surface area contributed by atoms with E-state index in [9.17, 15) is 61.0 Å². The van der Waals surface area contributed by atoms with Crippen molar-refractivity contribution in [1.82, 2.24) is 0 Å². The first-order chi connectivity index (χ1) is 33.7. The van der Waals surface area contributed by atoms with Gasteiger partial charge >= 0.3 is 5.97 Å². The molecule has 4 saturated carbocycles. The van der Waals surface area contributed by atoms with E-state index in [1.54, 1.807) is 0 Å². The normalized spacial score (nSPS) is 54.3. The predicted octanol–water partition coefficient (Wildman–Crippen LogP) is 0.836. The third-order valence-corrected chi connectivity index (χ3v) is 20.7. The second kappa shape index (κ2) is 19.7. The van der Waals surface area contributed by atoms with E-state index in [4.69, 9.17) is 37.9 Å². The summed E-state index contributed by atoms with van der Waals surface area (Å²) in [5.74, 6) is 0.0613. The molecule has 9 aliphatic rings. The van der Waals surface area contributed by atoms with Gasteiger partial charge in [0, 0.05) is 0 Å². The van der Waals surface area contributed by atoms with Gasteiger partial charge in [-0.05, 0) is 116 Å². The van der Waals surface area contributed by atoms with E-state index in [2.05, 4.69) is 54.5 Å². The Labute approximate surface area is 421 Å². The lowest BCUT2D eigenvalue weighted by Gasteiger charge is -2.71. The summed E-state index contributed by atoms with van der Waals surface area (Å²) in [6, 6.07) is 0. The molecule has 11 N–H and O–H groups in total. The van der Waals surface area contributed by atoms with Crippen molar-refractivity contribution < 1.29 is 98.9 Å². The topological polar surface area (TPSA) is 313 Å². The van der Waals surface area contributed by atoms with Crippen LogP contribution < -0.4 is 0 Å². The minimum atomic E-state index is -1.83. The van der Waals surface area contributed by atoms with Crippen LogP contribution in [0.4, 0.5) is 0 Å². The smallest absolute Gasteiger partial charge is 0.310 e. The lowest BCUT2D eigenvalue weighted by atomic mass is 9.33. The first kappa shape index (κ1) is 55.3. The second-order valence-corrected chi connectivity index (χ2v) is 25.4.